The summed E-state index contributed by atoms with van der Waals surface area (Å²) in [5.41, 5.74) is 7.98. The van der Waals surface area contributed by atoms with Crippen LogP contribution < -0.4 is 0 Å². The van der Waals surface area contributed by atoms with E-state index in [-0.39, 0.29) is 17.5 Å². The number of nitrogens with zero attached hydrogens (tertiary/aromatic N) is 1. The number of benzene rings is 1. The summed E-state index contributed by atoms with van der Waals surface area (Å²) >= 11 is 0. The van der Waals surface area contributed by atoms with Gasteiger partial charge in [0.25, 0.3) is 0 Å². The van der Waals surface area contributed by atoms with Gasteiger partial charge in [-0.2, -0.15) is 0 Å². The van der Waals surface area contributed by atoms with Gasteiger partial charge in [0.05, 0.1) is 19.6 Å². The molecule has 0 bridgehead atoms. The maximum absolute atomic E-state index is 10.2. The lowest BCUT2D eigenvalue weighted by Gasteiger charge is -2.46. The third kappa shape index (κ3) is 7.92. The van der Waals surface area contributed by atoms with Crippen LogP contribution in [0.15, 0.2) is 58.7 Å². The molecule has 0 saturated carbocycles. The molecule has 1 aliphatic heterocycles. The standard InChI is InChI=1S/C30H45NO2/c1-22(2)10-8-12-24(5)14-17-31(18-15-25(6)13-9-11-23(3)4)19-16-27-20-29(32)30(33)21-28(27)26(31)7/h10-11,14-15,20-21,26H,8-9,12-13,16-19H2,1-7H3,(H-,32,33)/p+1/b24-14+,25-15+/t26-/m1/s1. The summed E-state index contributed by atoms with van der Waals surface area (Å²) in [4.78, 5) is 0. The Balaban J connectivity index is 2.28. The number of hydrogen-bond donors (Lipinski definition) is 2. The van der Waals surface area contributed by atoms with E-state index in [2.05, 4.69) is 72.8 Å². The lowest BCUT2D eigenvalue weighted by Crippen LogP contribution is -2.53. The Morgan fingerprint density at radius 2 is 1.30 bits per heavy atom. The summed E-state index contributed by atoms with van der Waals surface area (Å²) in [6.07, 6.45) is 14.8. The first-order chi connectivity index (χ1) is 15.5. The molecule has 1 heterocycles. The molecule has 33 heavy (non-hydrogen) atoms. The Labute approximate surface area is 202 Å². The fourth-order valence-electron chi connectivity index (χ4n) is 4.70. The number of phenolic OH excluding ortho intramolecular Hbond substituents is 2. The smallest absolute Gasteiger partial charge is 0.157 e. The third-order valence-corrected chi connectivity index (χ3v) is 7.12. The van der Waals surface area contributed by atoms with Crippen molar-refractivity contribution in [2.24, 2.45) is 0 Å². The van der Waals surface area contributed by atoms with E-state index in [1.165, 1.54) is 33.4 Å². The van der Waals surface area contributed by atoms with Crippen molar-refractivity contribution in [2.45, 2.75) is 86.6 Å². The molecule has 2 N–H and O–H groups in total. The van der Waals surface area contributed by atoms with Crippen LogP contribution in [-0.4, -0.2) is 34.3 Å². The van der Waals surface area contributed by atoms with Gasteiger partial charge in [-0.25, -0.2) is 0 Å². The second kappa shape index (κ2) is 12.3. The van der Waals surface area contributed by atoms with E-state index < -0.39 is 0 Å². The molecule has 3 heteroatoms. The van der Waals surface area contributed by atoms with Crippen molar-refractivity contribution >= 4 is 0 Å². The second-order valence-electron chi connectivity index (χ2n) is 10.5. The summed E-state index contributed by atoms with van der Waals surface area (Å²) in [6.45, 7) is 18.4. The number of fused-ring (bicyclic) bond motifs is 1. The van der Waals surface area contributed by atoms with E-state index in [4.69, 9.17) is 0 Å². The van der Waals surface area contributed by atoms with Crippen LogP contribution in [0, 0.1) is 0 Å². The predicted octanol–water partition coefficient (Wildman–Crippen LogP) is 7.92. The van der Waals surface area contributed by atoms with Crippen LogP contribution in [0.2, 0.25) is 0 Å². The Hall–Kier alpha value is -2.26. The van der Waals surface area contributed by atoms with E-state index in [9.17, 15) is 10.2 Å². The molecule has 0 radical (unpaired) electrons. The molecule has 2 rings (SSSR count). The highest BCUT2D eigenvalue weighted by molar-refractivity contribution is 5.47. The first kappa shape index (κ1) is 27.0. The lowest BCUT2D eigenvalue weighted by atomic mass is 9.89. The molecule has 0 amide bonds. The average molecular weight is 453 g/mol. The molecule has 0 spiro atoms. The van der Waals surface area contributed by atoms with Crippen molar-refractivity contribution in [2.75, 3.05) is 19.6 Å². The molecular weight excluding hydrogens is 406 g/mol. The lowest BCUT2D eigenvalue weighted by molar-refractivity contribution is -0.947. The summed E-state index contributed by atoms with van der Waals surface area (Å²) in [5.74, 6) is -0.0199. The molecule has 0 saturated heterocycles. The van der Waals surface area contributed by atoms with Crippen molar-refractivity contribution in [1.29, 1.82) is 0 Å². The average Bonchev–Trinajstić information content (AvgIpc) is 2.74. The van der Waals surface area contributed by atoms with Crippen molar-refractivity contribution in [3.63, 3.8) is 0 Å². The van der Waals surface area contributed by atoms with Crippen molar-refractivity contribution in [3.05, 3.63) is 69.9 Å². The van der Waals surface area contributed by atoms with Gasteiger partial charge in [-0.3, -0.25) is 0 Å². The van der Waals surface area contributed by atoms with E-state index in [0.29, 0.717) is 0 Å². The highest BCUT2D eigenvalue weighted by Crippen LogP contribution is 2.41. The highest BCUT2D eigenvalue weighted by Gasteiger charge is 2.38. The largest absolute Gasteiger partial charge is 0.504 e. The number of aromatic hydroxyl groups is 2. The molecule has 0 aliphatic carbocycles. The number of phenols is 2. The molecule has 0 fully saturated rings. The normalized spacial score (nSPS) is 20.9. The molecule has 0 unspecified atom stereocenters. The van der Waals surface area contributed by atoms with Crippen LogP contribution in [0.25, 0.3) is 0 Å². The van der Waals surface area contributed by atoms with Crippen LogP contribution in [-0.2, 0) is 6.42 Å². The van der Waals surface area contributed by atoms with Gasteiger partial charge < -0.3 is 14.7 Å². The first-order valence-electron chi connectivity index (χ1n) is 12.5. The summed E-state index contributed by atoms with van der Waals surface area (Å²) in [5, 5.41) is 20.2. The van der Waals surface area contributed by atoms with Crippen molar-refractivity contribution in [1.82, 2.24) is 0 Å². The monoisotopic (exact) mass is 452 g/mol. The highest BCUT2D eigenvalue weighted by atomic mass is 16.3. The molecular formula is C30H46NO2+. The Kier molecular flexibility index (Phi) is 10.0. The zero-order valence-corrected chi connectivity index (χ0v) is 22.0. The minimum Gasteiger partial charge on any atom is -0.504 e. The molecule has 3 nitrogen and oxygen atoms in total. The van der Waals surface area contributed by atoms with Crippen LogP contribution in [0.1, 0.15) is 91.3 Å². The minimum atomic E-state index is -0.0116. The third-order valence-electron chi connectivity index (χ3n) is 7.12. The zero-order valence-electron chi connectivity index (χ0n) is 22.0. The van der Waals surface area contributed by atoms with E-state index in [1.54, 1.807) is 12.1 Å². The van der Waals surface area contributed by atoms with Gasteiger partial charge in [-0.05, 0) is 104 Å². The molecule has 1 aromatic rings. The molecule has 1 aromatic carbocycles. The van der Waals surface area contributed by atoms with Crippen LogP contribution in [0.3, 0.4) is 0 Å². The van der Waals surface area contributed by atoms with Gasteiger partial charge in [0.2, 0.25) is 0 Å². The summed E-state index contributed by atoms with van der Waals surface area (Å²) < 4.78 is 0.956. The predicted molar refractivity (Wildman–Crippen MR) is 142 cm³/mol. The Morgan fingerprint density at radius 3 is 1.79 bits per heavy atom. The maximum Gasteiger partial charge on any atom is 0.157 e. The quantitative estimate of drug-likeness (QED) is 0.215. The molecule has 1 aliphatic rings. The van der Waals surface area contributed by atoms with Gasteiger partial charge in [-0.15, -0.1) is 0 Å². The van der Waals surface area contributed by atoms with Crippen LogP contribution >= 0.6 is 0 Å². The number of quaternary nitrogens is 1. The minimum absolute atomic E-state index is 0.00836. The zero-order chi connectivity index (χ0) is 24.6. The van der Waals surface area contributed by atoms with Gasteiger partial charge >= 0.3 is 0 Å². The van der Waals surface area contributed by atoms with Gasteiger partial charge in [0.15, 0.2) is 11.5 Å². The number of allylic oxidation sites excluding steroid dienone is 6. The second-order valence-corrected chi connectivity index (χ2v) is 10.5. The molecule has 182 valence electrons. The molecule has 0 aromatic heterocycles. The van der Waals surface area contributed by atoms with E-state index >= 15 is 0 Å². The van der Waals surface area contributed by atoms with E-state index in [1.807, 2.05) is 0 Å². The topological polar surface area (TPSA) is 40.5 Å². The Morgan fingerprint density at radius 1 is 0.818 bits per heavy atom. The SMILES string of the molecule is CC(C)=CCC/C(C)=C/C[N+]1(C/C=C(\C)CCC=C(C)C)CCc2cc(O)c(O)cc2[C@H]1C. The van der Waals surface area contributed by atoms with E-state index in [0.717, 1.165) is 56.2 Å². The first-order valence-corrected chi connectivity index (χ1v) is 12.5. The fourth-order valence-corrected chi connectivity index (χ4v) is 4.70. The van der Waals surface area contributed by atoms with Crippen LogP contribution in [0.5, 0.6) is 11.5 Å². The summed E-state index contributed by atoms with van der Waals surface area (Å²) in [7, 11) is 0. The fraction of sp³-hybridized carbons (Fsp3) is 0.533. The van der Waals surface area contributed by atoms with Crippen molar-refractivity contribution < 1.29 is 14.7 Å². The molecule has 1 atom stereocenters. The van der Waals surface area contributed by atoms with Gasteiger partial charge in [0, 0.05) is 12.0 Å². The number of rotatable bonds is 10. The van der Waals surface area contributed by atoms with Gasteiger partial charge in [0.1, 0.15) is 6.04 Å². The Bertz CT molecular complexity index is 885. The maximum atomic E-state index is 10.2. The summed E-state index contributed by atoms with van der Waals surface area (Å²) in [6, 6.07) is 3.80. The van der Waals surface area contributed by atoms with Gasteiger partial charge in [-0.1, -0.05) is 34.4 Å². The van der Waals surface area contributed by atoms with Crippen molar-refractivity contribution in [3.8, 4) is 11.5 Å². The van der Waals surface area contributed by atoms with Crippen LogP contribution in [0.4, 0.5) is 0 Å². The number of hydrogen-bond acceptors (Lipinski definition) is 2.